The maximum atomic E-state index is 12.5. The number of rotatable bonds is 7. The Morgan fingerprint density at radius 2 is 1.75 bits per heavy atom. The van der Waals surface area contributed by atoms with E-state index in [1.807, 2.05) is 56.4 Å². The van der Waals surface area contributed by atoms with Gasteiger partial charge in [-0.05, 0) is 62.1 Å². The first kappa shape index (κ1) is 19.8. The zero-order chi connectivity index (χ0) is 19.9. The van der Waals surface area contributed by atoms with E-state index in [0.717, 1.165) is 28.9 Å². The molecule has 3 heteroatoms. The second-order valence-electron chi connectivity index (χ2n) is 7.36. The Kier molecular flexibility index (Phi) is 6.59. The summed E-state index contributed by atoms with van der Waals surface area (Å²) in [6, 6.07) is 17.8. The van der Waals surface area contributed by atoms with Gasteiger partial charge in [-0.15, -0.1) is 0 Å². The normalized spacial score (nSPS) is 10.7. The van der Waals surface area contributed by atoms with E-state index in [4.69, 9.17) is 0 Å². The van der Waals surface area contributed by atoms with Gasteiger partial charge in [0.05, 0.1) is 5.69 Å². The molecular weight excluding hydrogens is 344 g/mol. The maximum Gasteiger partial charge on any atom is 0.255 e. The average molecular weight is 373 g/mol. The van der Waals surface area contributed by atoms with E-state index in [9.17, 15) is 4.79 Å². The van der Waals surface area contributed by atoms with Gasteiger partial charge in [0.15, 0.2) is 0 Å². The average Bonchev–Trinajstić information content (AvgIpc) is 2.71. The van der Waals surface area contributed by atoms with Crippen molar-refractivity contribution in [1.82, 2.24) is 4.98 Å². The van der Waals surface area contributed by atoms with Crippen molar-refractivity contribution < 1.29 is 4.79 Å². The molecule has 0 saturated heterocycles. The predicted octanol–water partition coefficient (Wildman–Crippen LogP) is 6.35. The molecular formula is C25H28N2O. The number of amides is 1. The molecule has 0 bridgehead atoms. The molecule has 3 aromatic rings. The number of nitrogens with zero attached hydrogens (tertiary/aromatic N) is 1. The van der Waals surface area contributed by atoms with E-state index in [1.165, 1.54) is 30.4 Å². The summed E-state index contributed by atoms with van der Waals surface area (Å²) < 4.78 is 0. The fraction of sp³-hybridized carbons (Fsp3) is 0.280. The molecule has 0 aliphatic carbocycles. The Balaban J connectivity index is 1.66. The molecule has 0 radical (unpaired) electrons. The Morgan fingerprint density at radius 1 is 0.964 bits per heavy atom. The molecule has 0 saturated carbocycles. The van der Waals surface area contributed by atoms with Crippen LogP contribution < -0.4 is 5.32 Å². The fourth-order valence-corrected chi connectivity index (χ4v) is 3.26. The standard InChI is InChI=1S/C25H28N2O/c1-4-5-6-7-20-9-15-24(26-17-20)21-10-12-22(13-11-21)25(28)27-23-14-8-18(2)16-19(23)3/h8-17H,4-7H2,1-3H3,(H,27,28). The second-order valence-corrected chi connectivity index (χ2v) is 7.36. The zero-order valence-electron chi connectivity index (χ0n) is 17.0. The van der Waals surface area contributed by atoms with Crippen LogP contribution in [0.2, 0.25) is 0 Å². The first-order valence-corrected chi connectivity index (χ1v) is 10.0. The SMILES string of the molecule is CCCCCc1ccc(-c2ccc(C(=O)Nc3ccc(C)cc3C)cc2)nc1. The number of carbonyl (C=O) groups excluding carboxylic acids is 1. The molecule has 0 atom stereocenters. The second kappa shape index (κ2) is 9.32. The van der Waals surface area contributed by atoms with Gasteiger partial charge in [-0.25, -0.2) is 0 Å². The van der Waals surface area contributed by atoms with Gasteiger partial charge < -0.3 is 5.32 Å². The lowest BCUT2D eigenvalue weighted by atomic mass is 10.1. The van der Waals surface area contributed by atoms with Gasteiger partial charge in [0.2, 0.25) is 0 Å². The lowest BCUT2D eigenvalue weighted by Crippen LogP contribution is -2.12. The molecule has 0 aliphatic rings. The Morgan fingerprint density at radius 3 is 2.39 bits per heavy atom. The van der Waals surface area contributed by atoms with E-state index in [0.29, 0.717) is 5.56 Å². The van der Waals surface area contributed by atoms with Gasteiger partial charge >= 0.3 is 0 Å². The number of nitrogens with one attached hydrogen (secondary N) is 1. The van der Waals surface area contributed by atoms with Gasteiger partial charge in [0, 0.05) is 23.0 Å². The summed E-state index contributed by atoms with van der Waals surface area (Å²) >= 11 is 0. The van der Waals surface area contributed by atoms with Crippen LogP contribution in [0.1, 0.15) is 53.2 Å². The first-order chi connectivity index (χ1) is 13.6. The maximum absolute atomic E-state index is 12.5. The smallest absolute Gasteiger partial charge is 0.255 e. The van der Waals surface area contributed by atoms with Crippen LogP contribution in [-0.4, -0.2) is 10.9 Å². The summed E-state index contributed by atoms with van der Waals surface area (Å²) in [4.78, 5) is 17.1. The Labute approximate surface area is 167 Å². The number of benzene rings is 2. The number of anilines is 1. The quantitative estimate of drug-likeness (QED) is 0.491. The molecule has 0 spiro atoms. The van der Waals surface area contributed by atoms with Crippen LogP contribution in [0.25, 0.3) is 11.3 Å². The van der Waals surface area contributed by atoms with Crippen LogP contribution in [0.4, 0.5) is 5.69 Å². The van der Waals surface area contributed by atoms with Crippen LogP contribution in [-0.2, 0) is 6.42 Å². The van der Waals surface area contributed by atoms with Crippen LogP contribution in [0.5, 0.6) is 0 Å². The van der Waals surface area contributed by atoms with Crippen molar-refractivity contribution in [3.05, 3.63) is 83.0 Å². The molecule has 3 nitrogen and oxygen atoms in total. The minimum absolute atomic E-state index is 0.0993. The van der Waals surface area contributed by atoms with Gasteiger partial charge in [-0.1, -0.05) is 55.7 Å². The number of hydrogen-bond donors (Lipinski definition) is 1. The molecule has 1 heterocycles. The van der Waals surface area contributed by atoms with E-state index < -0.39 is 0 Å². The van der Waals surface area contributed by atoms with Gasteiger partial charge in [0.25, 0.3) is 5.91 Å². The Hall–Kier alpha value is -2.94. The summed E-state index contributed by atoms with van der Waals surface area (Å²) in [5, 5.41) is 2.99. The summed E-state index contributed by atoms with van der Waals surface area (Å²) in [6.45, 7) is 6.26. The third-order valence-electron chi connectivity index (χ3n) is 4.97. The highest BCUT2D eigenvalue weighted by atomic mass is 16.1. The molecule has 28 heavy (non-hydrogen) atoms. The summed E-state index contributed by atoms with van der Waals surface area (Å²) in [5.41, 5.74) is 6.96. The van der Waals surface area contributed by atoms with Crippen molar-refractivity contribution in [2.45, 2.75) is 46.5 Å². The van der Waals surface area contributed by atoms with Gasteiger partial charge in [0.1, 0.15) is 0 Å². The molecule has 144 valence electrons. The van der Waals surface area contributed by atoms with Gasteiger partial charge in [-0.3, -0.25) is 9.78 Å². The van der Waals surface area contributed by atoms with Gasteiger partial charge in [-0.2, -0.15) is 0 Å². The molecule has 0 fully saturated rings. The van der Waals surface area contributed by atoms with Crippen molar-refractivity contribution in [1.29, 1.82) is 0 Å². The highest BCUT2D eigenvalue weighted by Crippen LogP contribution is 2.20. The van der Waals surface area contributed by atoms with E-state index >= 15 is 0 Å². The van der Waals surface area contributed by atoms with Crippen molar-refractivity contribution in [2.24, 2.45) is 0 Å². The molecule has 3 rings (SSSR count). The molecule has 0 unspecified atom stereocenters. The highest BCUT2D eigenvalue weighted by molar-refractivity contribution is 6.04. The largest absolute Gasteiger partial charge is 0.322 e. The van der Waals surface area contributed by atoms with E-state index in [2.05, 4.69) is 35.4 Å². The van der Waals surface area contributed by atoms with Crippen LogP contribution in [0, 0.1) is 13.8 Å². The minimum Gasteiger partial charge on any atom is -0.322 e. The third kappa shape index (κ3) is 5.07. The number of aryl methyl sites for hydroxylation is 3. The Bertz CT molecular complexity index is 928. The lowest BCUT2D eigenvalue weighted by Gasteiger charge is -2.10. The van der Waals surface area contributed by atoms with E-state index in [1.54, 1.807) is 0 Å². The fourth-order valence-electron chi connectivity index (χ4n) is 3.26. The third-order valence-corrected chi connectivity index (χ3v) is 4.97. The molecule has 1 amide bonds. The van der Waals surface area contributed by atoms with Crippen molar-refractivity contribution in [3.63, 3.8) is 0 Å². The number of aromatic nitrogens is 1. The van der Waals surface area contributed by atoms with Crippen LogP contribution in [0.15, 0.2) is 60.8 Å². The molecule has 2 aromatic carbocycles. The van der Waals surface area contributed by atoms with Crippen LogP contribution in [0.3, 0.4) is 0 Å². The topological polar surface area (TPSA) is 42.0 Å². The summed E-state index contributed by atoms with van der Waals surface area (Å²) in [5.74, 6) is -0.0993. The van der Waals surface area contributed by atoms with Crippen LogP contribution >= 0.6 is 0 Å². The summed E-state index contributed by atoms with van der Waals surface area (Å²) in [7, 11) is 0. The molecule has 0 aliphatic heterocycles. The molecule has 1 N–H and O–H groups in total. The predicted molar refractivity (Wildman–Crippen MR) is 117 cm³/mol. The number of hydrogen-bond acceptors (Lipinski definition) is 2. The van der Waals surface area contributed by atoms with E-state index in [-0.39, 0.29) is 5.91 Å². The van der Waals surface area contributed by atoms with Crippen molar-refractivity contribution in [2.75, 3.05) is 5.32 Å². The summed E-state index contributed by atoms with van der Waals surface area (Å²) in [6.07, 6.45) is 6.74. The number of pyridine rings is 1. The lowest BCUT2D eigenvalue weighted by molar-refractivity contribution is 0.102. The van der Waals surface area contributed by atoms with Crippen molar-refractivity contribution >= 4 is 11.6 Å². The number of carbonyl (C=O) groups is 1. The number of unbranched alkanes of at least 4 members (excludes halogenated alkanes) is 2. The van der Waals surface area contributed by atoms with Crippen molar-refractivity contribution in [3.8, 4) is 11.3 Å². The molecule has 1 aromatic heterocycles. The zero-order valence-corrected chi connectivity index (χ0v) is 17.0. The first-order valence-electron chi connectivity index (χ1n) is 10.0. The minimum atomic E-state index is -0.0993. The monoisotopic (exact) mass is 372 g/mol. The highest BCUT2D eigenvalue weighted by Gasteiger charge is 2.09.